The van der Waals surface area contributed by atoms with Gasteiger partial charge in [-0.1, -0.05) is 23.9 Å². The molecule has 23 heavy (non-hydrogen) atoms. The van der Waals surface area contributed by atoms with Crippen molar-refractivity contribution in [1.82, 2.24) is 0 Å². The molecular formula is C16H13F2NO3S. The zero-order valence-corrected chi connectivity index (χ0v) is 12.7. The van der Waals surface area contributed by atoms with E-state index in [4.69, 9.17) is 9.47 Å². The predicted octanol–water partition coefficient (Wildman–Crippen LogP) is 4.02. The highest BCUT2D eigenvalue weighted by atomic mass is 32.2. The standard InChI is InChI=1S/C16H13F2NO3S/c17-16(18)23-14-4-2-1-3-11(14)19-15(20)10-5-6-12-13(9-10)22-8-7-21-12/h1-6,9,16H,7-8H2,(H,19,20). The van der Waals surface area contributed by atoms with Gasteiger partial charge in [-0.05, 0) is 30.3 Å². The lowest BCUT2D eigenvalue weighted by molar-refractivity contribution is 0.102. The molecule has 0 fully saturated rings. The van der Waals surface area contributed by atoms with E-state index in [1.165, 1.54) is 6.07 Å². The lowest BCUT2D eigenvalue weighted by atomic mass is 10.1. The quantitative estimate of drug-likeness (QED) is 0.856. The molecule has 1 aliphatic heterocycles. The Balaban J connectivity index is 1.79. The van der Waals surface area contributed by atoms with Crippen LogP contribution in [-0.4, -0.2) is 24.9 Å². The van der Waals surface area contributed by atoms with Crippen LogP contribution in [-0.2, 0) is 0 Å². The van der Waals surface area contributed by atoms with Crippen LogP contribution in [0.5, 0.6) is 11.5 Å². The molecule has 0 aromatic heterocycles. The molecule has 0 aliphatic carbocycles. The molecule has 1 aliphatic rings. The number of anilines is 1. The van der Waals surface area contributed by atoms with Crippen molar-refractivity contribution in [2.45, 2.75) is 10.7 Å². The zero-order valence-electron chi connectivity index (χ0n) is 11.9. The SMILES string of the molecule is O=C(Nc1ccccc1SC(F)F)c1ccc2c(c1)OCCO2. The van der Waals surface area contributed by atoms with Crippen molar-refractivity contribution in [3.63, 3.8) is 0 Å². The van der Waals surface area contributed by atoms with E-state index in [0.29, 0.717) is 52.6 Å². The summed E-state index contributed by atoms with van der Waals surface area (Å²) >= 11 is 0.392. The van der Waals surface area contributed by atoms with Gasteiger partial charge in [0.1, 0.15) is 13.2 Å². The van der Waals surface area contributed by atoms with Gasteiger partial charge >= 0.3 is 0 Å². The first kappa shape index (κ1) is 15.6. The van der Waals surface area contributed by atoms with Crippen molar-refractivity contribution in [3.8, 4) is 11.5 Å². The Hall–Kier alpha value is -2.28. The van der Waals surface area contributed by atoms with Crippen LogP contribution in [0.4, 0.5) is 14.5 Å². The average molecular weight is 337 g/mol. The smallest absolute Gasteiger partial charge is 0.288 e. The number of hydrogen-bond acceptors (Lipinski definition) is 4. The van der Waals surface area contributed by atoms with E-state index in [1.807, 2.05) is 0 Å². The Morgan fingerprint density at radius 2 is 1.83 bits per heavy atom. The molecule has 2 aromatic carbocycles. The van der Waals surface area contributed by atoms with E-state index in [-0.39, 0.29) is 0 Å². The minimum absolute atomic E-state index is 0.313. The van der Waals surface area contributed by atoms with Gasteiger partial charge in [0.05, 0.1) is 5.69 Å². The van der Waals surface area contributed by atoms with E-state index in [0.717, 1.165) is 0 Å². The highest BCUT2D eigenvalue weighted by Crippen LogP contribution is 2.33. The summed E-state index contributed by atoms with van der Waals surface area (Å²) in [7, 11) is 0. The fourth-order valence-electron chi connectivity index (χ4n) is 2.15. The molecule has 4 nitrogen and oxygen atoms in total. The third kappa shape index (κ3) is 3.73. The highest BCUT2D eigenvalue weighted by molar-refractivity contribution is 7.99. The molecule has 0 bridgehead atoms. The second-order valence-electron chi connectivity index (χ2n) is 4.69. The van der Waals surface area contributed by atoms with Gasteiger partial charge in [-0.3, -0.25) is 4.79 Å². The monoisotopic (exact) mass is 337 g/mol. The lowest BCUT2D eigenvalue weighted by Crippen LogP contribution is -2.17. The van der Waals surface area contributed by atoms with Crippen molar-refractivity contribution < 1.29 is 23.0 Å². The van der Waals surface area contributed by atoms with E-state index >= 15 is 0 Å². The van der Waals surface area contributed by atoms with Crippen LogP contribution in [0.15, 0.2) is 47.4 Å². The summed E-state index contributed by atoms with van der Waals surface area (Å²) in [6.07, 6.45) is 0. The zero-order chi connectivity index (χ0) is 16.2. The molecule has 0 atom stereocenters. The fourth-order valence-corrected chi connectivity index (χ4v) is 2.74. The minimum atomic E-state index is -2.55. The largest absolute Gasteiger partial charge is 0.486 e. The Morgan fingerprint density at radius 1 is 1.09 bits per heavy atom. The molecule has 0 spiro atoms. The van der Waals surface area contributed by atoms with E-state index in [2.05, 4.69) is 5.32 Å². The van der Waals surface area contributed by atoms with E-state index in [9.17, 15) is 13.6 Å². The minimum Gasteiger partial charge on any atom is -0.486 e. The average Bonchev–Trinajstić information content (AvgIpc) is 2.55. The molecule has 0 radical (unpaired) electrons. The number of amides is 1. The molecule has 0 unspecified atom stereocenters. The summed E-state index contributed by atoms with van der Waals surface area (Å²) in [5, 5.41) is 2.65. The summed E-state index contributed by atoms with van der Waals surface area (Å²) < 4.78 is 36.0. The van der Waals surface area contributed by atoms with Crippen LogP contribution in [0.2, 0.25) is 0 Å². The number of para-hydroxylation sites is 1. The van der Waals surface area contributed by atoms with Crippen LogP contribution >= 0.6 is 11.8 Å². The van der Waals surface area contributed by atoms with Crippen molar-refractivity contribution >= 4 is 23.4 Å². The molecule has 3 rings (SSSR count). The number of alkyl halides is 2. The number of halogens is 2. The second-order valence-corrected chi connectivity index (χ2v) is 5.72. The summed E-state index contributed by atoms with van der Waals surface area (Å²) in [4.78, 5) is 12.6. The van der Waals surface area contributed by atoms with Gasteiger partial charge in [-0.2, -0.15) is 8.78 Å². The molecule has 1 heterocycles. The first-order valence-corrected chi connectivity index (χ1v) is 7.76. The van der Waals surface area contributed by atoms with Gasteiger partial charge in [-0.15, -0.1) is 0 Å². The van der Waals surface area contributed by atoms with Crippen LogP contribution < -0.4 is 14.8 Å². The van der Waals surface area contributed by atoms with Crippen LogP contribution in [0.25, 0.3) is 0 Å². The number of ether oxygens (including phenoxy) is 2. The molecule has 120 valence electrons. The number of benzene rings is 2. The highest BCUT2D eigenvalue weighted by Gasteiger charge is 2.16. The predicted molar refractivity (Wildman–Crippen MR) is 83.7 cm³/mol. The Labute approximate surface area is 135 Å². The number of carbonyl (C=O) groups excluding carboxylic acids is 1. The van der Waals surface area contributed by atoms with Gasteiger partial charge in [-0.25, -0.2) is 0 Å². The molecule has 2 aromatic rings. The van der Waals surface area contributed by atoms with Crippen LogP contribution in [0.1, 0.15) is 10.4 Å². The van der Waals surface area contributed by atoms with Gasteiger partial charge in [0.2, 0.25) is 0 Å². The Bertz CT molecular complexity index is 724. The summed E-state index contributed by atoms with van der Waals surface area (Å²) in [5.74, 6) is -1.87. The number of fused-ring (bicyclic) bond motifs is 1. The molecule has 1 N–H and O–H groups in total. The van der Waals surface area contributed by atoms with E-state index < -0.39 is 11.7 Å². The fraction of sp³-hybridized carbons (Fsp3) is 0.188. The maximum atomic E-state index is 12.6. The van der Waals surface area contributed by atoms with Gasteiger partial charge in [0.15, 0.2) is 11.5 Å². The van der Waals surface area contributed by atoms with Gasteiger partial charge in [0, 0.05) is 10.5 Å². The van der Waals surface area contributed by atoms with Crippen LogP contribution in [0.3, 0.4) is 0 Å². The number of hydrogen-bond donors (Lipinski definition) is 1. The molecule has 0 saturated heterocycles. The molecule has 7 heteroatoms. The van der Waals surface area contributed by atoms with Crippen molar-refractivity contribution in [2.24, 2.45) is 0 Å². The van der Waals surface area contributed by atoms with Crippen molar-refractivity contribution in [3.05, 3.63) is 48.0 Å². The lowest BCUT2D eigenvalue weighted by Gasteiger charge is -2.18. The molecule has 1 amide bonds. The summed E-state index contributed by atoms with van der Waals surface area (Å²) in [5.41, 5.74) is 0.712. The van der Waals surface area contributed by atoms with Gasteiger partial charge < -0.3 is 14.8 Å². The molecular weight excluding hydrogens is 324 g/mol. The Morgan fingerprint density at radius 3 is 2.61 bits per heavy atom. The topological polar surface area (TPSA) is 47.6 Å². The first-order valence-electron chi connectivity index (χ1n) is 6.88. The molecule has 0 saturated carbocycles. The van der Waals surface area contributed by atoms with Gasteiger partial charge in [0.25, 0.3) is 11.7 Å². The normalized spacial score (nSPS) is 13.0. The van der Waals surface area contributed by atoms with Crippen LogP contribution in [0, 0.1) is 0 Å². The number of carbonyl (C=O) groups is 1. The third-order valence-electron chi connectivity index (χ3n) is 3.16. The maximum Gasteiger partial charge on any atom is 0.288 e. The second kappa shape index (κ2) is 6.87. The third-order valence-corrected chi connectivity index (χ3v) is 3.94. The summed E-state index contributed by atoms with van der Waals surface area (Å²) in [6.45, 7) is 0.892. The van der Waals surface area contributed by atoms with E-state index in [1.54, 1.807) is 36.4 Å². The first-order chi connectivity index (χ1) is 11.1. The Kier molecular flexibility index (Phi) is 4.66. The number of thioether (sulfide) groups is 1. The summed E-state index contributed by atoms with van der Waals surface area (Å²) in [6, 6.07) is 11.3. The maximum absolute atomic E-state index is 12.6. The number of nitrogens with one attached hydrogen (secondary N) is 1. The number of rotatable bonds is 4. The van der Waals surface area contributed by atoms with Crippen molar-refractivity contribution in [2.75, 3.05) is 18.5 Å². The van der Waals surface area contributed by atoms with Crippen molar-refractivity contribution in [1.29, 1.82) is 0 Å².